The van der Waals surface area contributed by atoms with Gasteiger partial charge in [0.2, 0.25) is 0 Å². The van der Waals surface area contributed by atoms with Crippen LogP contribution in [0.15, 0.2) is 22.9 Å². The van der Waals surface area contributed by atoms with Gasteiger partial charge in [-0.25, -0.2) is 0 Å². The molecule has 0 aliphatic heterocycles. The normalized spacial score (nSPS) is 10.3. The topological polar surface area (TPSA) is 51.0 Å². The minimum atomic E-state index is 0.602. The summed E-state index contributed by atoms with van der Waals surface area (Å²) in [4.78, 5) is 4.18. The van der Waals surface area contributed by atoms with Crippen molar-refractivity contribution in [1.29, 1.82) is 0 Å². The minimum absolute atomic E-state index is 0.602. The molecule has 0 aliphatic rings. The number of aryl methyl sites for hydroxylation is 1. The van der Waals surface area contributed by atoms with E-state index in [1.54, 1.807) is 18.3 Å². The minimum Gasteiger partial charge on any atom is -0.383 e. The second kappa shape index (κ2) is 3.90. The smallest absolute Gasteiger partial charge is 0.157 e. The van der Waals surface area contributed by atoms with Crippen LogP contribution in [0.4, 0.5) is 5.69 Å². The molecule has 78 valence electrons. The lowest BCUT2D eigenvalue weighted by molar-refractivity contribution is 0.400. The van der Waals surface area contributed by atoms with E-state index in [1.165, 1.54) is 0 Å². The summed E-state index contributed by atoms with van der Waals surface area (Å²) in [6.45, 7) is 1.85. The third-order valence-corrected chi connectivity index (χ3v) is 2.31. The van der Waals surface area contributed by atoms with E-state index in [1.807, 2.05) is 14.0 Å². The van der Waals surface area contributed by atoms with Crippen LogP contribution in [-0.4, -0.2) is 17.2 Å². The van der Waals surface area contributed by atoms with E-state index in [0.717, 1.165) is 17.1 Å². The average molecular weight is 224 g/mol. The van der Waals surface area contributed by atoms with Crippen molar-refractivity contribution in [3.05, 3.63) is 29.1 Å². The van der Waals surface area contributed by atoms with Gasteiger partial charge in [-0.2, -0.15) is 0 Å². The number of aromatic nitrogens is 2. The van der Waals surface area contributed by atoms with Crippen LogP contribution in [0.2, 0.25) is 5.02 Å². The Hall–Kier alpha value is -1.55. The molecule has 4 nitrogen and oxygen atoms in total. The maximum Gasteiger partial charge on any atom is 0.157 e. The number of rotatable bonds is 2. The van der Waals surface area contributed by atoms with Crippen molar-refractivity contribution in [2.24, 2.45) is 0 Å². The van der Waals surface area contributed by atoms with Gasteiger partial charge in [0.15, 0.2) is 11.5 Å². The first-order chi connectivity index (χ1) is 7.22. The number of nitrogens with one attached hydrogen (secondary N) is 1. The summed E-state index contributed by atoms with van der Waals surface area (Å²) < 4.78 is 5.09. The van der Waals surface area contributed by atoms with Crippen molar-refractivity contribution >= 4 is 17.3 Å². The summed E-state index contributed by atoms with van der Waals surface area (Å²) >= 11 is 5.76. The molecule has 0 saturated heterocycles. The zero-order valence-electron chi connectivity index (χ0n) is 8.41. The Kier molecular flexibility index (Phi) is 2.60. The van der Waals surface area contributed by atoms with Gasteiger partial charge in [-0.05, 0) is 19.1 Å². The molecule has 0 aliphatic carbocycles. The third kappa shape index (κ3) is 1.80. The van der Waals surface area contributed by atoms with Gasteiger partial charge in [0.05, 0.1) is 10.7 Å². The first kappa shape index (κ1) is 9.98. The lowest BCUT2D eigenvalue weighted by Gasteiger charge is -2.00. The second-order valence-corrected chi connectivity index (χ2v) is 3.51. The molecule has 2 heterocycles. The van der Waals surface area contributed by atoms with Gasteiger partial charge in [0.25, 0.3) is 0 Å². The summed E-state index contributed by atoms with van der Waals surface area (Å²) in [5, 5.41) is 7.57. The van der Waals surface area contributed by atoms with Gasteiger partial charge in [0, 0.05) is 13.2 Å². The Labute approximate surface area is 92.3 Å². The fourth-order valence-electron chi connectivity index (χ4n) is 1.36. The molecule has 15 heavy (non-hydrogen) atoms. The summed E-state index contributed by atoms with van der Waals surface area (Å²) in [5.41, 5.74) is 2.29. The van der Waals surface area contributed by atoms with Gasteiger partial charge in [0.1, 0.15) is 5.69 Å². The zero-order chi connectivity index (χ0) is 10.8. The Balaban J connectivity index is 2.49. The van der Waals surface area contributed by atoms with Gasteiger partial charge >= 0.3 is 0 Å². The highest BCUT2D eigenvalue weighted by molar-refractivity contribution is 6.30. The first-order valence-electron chi connectivity index (χ1n) is 4.48. The third-order valence-electron chi connectivity index (χ3n) is 2.08. The fraction of sp³-hybridized carbons (Fsp3) is 0.200. The van der Waals surface area contributed by atoms with Gasteiger partial charge in [-0.3, -0.25) is 4.98 Å². The van der Waals surface area contributed by atoms with Crippen LogP contribution in [0, 0.1) is 6.92 Å². The summed E-state index contributed by atoms with van der Waals surface area (Å²) in [7, 11) is 1.82. The highest BCUT2D eigenvalue weighted by Crippen LogP contribution is 2.28. The summed E-state index contributed by atoms with van der Waals surface area (Å²) in [6.07, 6.45) is 1.58. The van der Waals surface area contributed by atoms with Crippen molar-refractivity contribution in [2.75, 3.05) is 12.4 Å². The number of nitrogens with zero attached hydrogens (tertiary/aromatic N) is 2. The molecule has 0 atom stereocenters. The van der Waals surface area contributed by atoms with Crippen LogP contribution in [0.25, 0.3) is 11.4 Å². The van der Waals surface area contributed by atoms with Crippen LogP contribution in [0.3, 0.4) is 0 Å². The molecule has 2 rings (SSSR count). The van der Waals surface area contributed by atoms with Crippen molar-refractivity contribution in [3.63, 3.8) is 0 Å². The van der Waals surface area contributed by atoms with Crippen molar-refractivity contribution in [3.8, 4) is 11.4 Å². The SMILES string of the molecule is CNc1c(-c2ccc(Cl)cn2)noc1C. The number of anilines is 1. The Bertz CT molecular complexity index is 464. The number of hydrogen-bond acceptors (Lipinski definition) is 4. The fourth-order valence-corrected chi connectivity index (χ4v) is 1.47. The Morgan fingerprint density at radius 1 is 1.40 bits per heavy atom. The van der Waals surface area contributed by atoms with Crippen LogP contribution in [0.5, 0.6) is 0 Å². The molecule has 0 aromatic carbocycles. The van der Waals surface area contributed by atoms with Crippen LogP contribution in [-0.2, 0) is 0 Å². The average Bonchev–Trinajstić information content (AvgIpc) is 2.61. The predicted octanol–water partition coefficient (Wildman–Crippen LogP) is 2.74. The highest BCUT2D eigenvalue weighted by Gasteiger charge is 2.13. The van der Waals surface area contributed by atoms with Crippen LogP contribution in [0.1, 0.15) is 5.76 Å². The number of halogens is 1. The van der Waals surface area contributed by atoms with Gasteiger partial charge < -0.3 is 9.84 Å². The van der Waals surface area contributed by atoms with E-state index in [-0.39, 0.29) is 0 Å². The highest BCUT2D eigenvalue weighted by atomic mass is 35.5. The molecule has 0 bridgehead atoms. The maximum absolute atomic E-state index is 5.76. The molecule has 0 fully saturated rings. The molecule has 0 amide bonds. The zero-order valence-corrected chi connectivity index (χ0v) is 9.17. The van der Waals surface area contributed by atoms with Gasteiger partial charge in [-0.15, -0.1) is 0 Å². The molecule has 0 unspecified atom stereocenters. The molecule has 0 spiro atoms. The Morgan fingerprint density at radius 2 is 2.20 bits per heavy atom. The molecular weight excluding hydrogens is 214 g/mol. The predicted molar refractivity (Wildman–Crippen MR) is 59.0 cm³/mol. The van der Waals surface area contributed by atoms with Crippen LogP contribution >= 0.6 is 11.6 Å². The van der Waals surface area contributed by atoms with Crippen molar-refractivity contribution in [1.82, 2.24) is 10.1 Å². The van der Waals surface area contributed by atoms with E-state index in [4.69, 9.17) is 16.1 Å². The number of pyridine rings is 1. The molecule has 0 saturated carbocycles. The lowest BCUT2D eigenvalue weighted by Crippen LogP contribution is -1.92. The lowest BCUT2D eigenvalue weighted by atomic mass is 10.2. The summed E-state index contributed by atoms with van der Waals surface area (Å²) in [6, 6.07) is 3.58. The molecule has 0 radical (unpaired) electrons. The molecule has 2 aromatic rings. The van der Waals surface area contributed by atoms with Crippen molar-refractivity contribution < 1.29 is 4.52 Å². The largest absolute Gasteiger partial charge is 0.383 e. The summed E-state index contributed by atoms with van der Waals surface area (Å²) in [5.74, 6) is 0.740. The van der Waals surface area contributed by atoms with Gasteiger partial charge in [-0.1, -0.05) is 16.8 Å². The molecule has 2 aromatic heterocycles. The second-order valence-electron chi connectivity index (χ2n) is 3.07. The van der Waals surface area contributed by atoms with E-state index in [9.17, 15) is 0 Å². The molecule has 1 N–H and O–H groups in total. The van der Waals surface area contributed by atoms with Crippen LogP contribution < -0.4 is 5.32 Å². The molecular formula is C10H10ClN3O. The quantitative estimate of drug-likeness (QED) is 0.851. The van der Waals surface area contributed by atoms with E-state index in [0.29, 0.717) is 10.7 Å². The van der Waals surface area contributed by atoms with E-state index in [2.05, 4.69) is 15.5 Å². The first-order valence-corrected chi connectivity index (χ1v) is 4.86. The monoisotopic (exact) mass is 223 g/mol. The molecule has 5 heteroatoms. The number of hydrogen-bond donors (Lipinski definition) is 1. The van der Waals surface area contributed by atoms with E-state index < -0.39 is 0 Å². The maximum atomic E-state index is 5.76. The van der Waals surface area contributed by atoms with E-state index >= 15 is 0 Å². The van der Waals surface area contributed by atoms with Crippen molar-refractivity contribution in [2.45, 2.75) is 6.92 Å². The standard InChI is InChI=1S/C10H10ClN3O/c1-6-9(12-2)10(14-15-6)8-4-3-7(11)5-13-8/h3-5,12H,1-2H3. The Morgan fingerprint density at radius 3 is 2.80 bits per heavy atom.